The molecule has 1 aliphatic rings. The van der Waals surface area contributed by atoms with Crippen LogP contribution in [0.4, 0.5) is 5.13 Å². The third-order valence-corrected chi connectivity index (χ3v) is 5.25. The first kappa shape index (κ1) is 14.6. The second kappa shape index (κ2) is 5.30. The number of fused-ring (bicyclic) bond motifs is 1. The van der Waals surface area contributed by atoms with Gasteiger partial charge in [-0.2, -0.15) is 5.10 Å². The van der Waals surface area contributed by atoms with Crippen molar-refractivity contribution in [2.24, 2.45) is 0 Å². The van der Waals surface area contributed by atoms with Gasteiger partial charge in [-0.25, -0.2) is 14.5 Å². The number of anilines is 1. The van der Waals surface area contributed by atoms with Crippen LogP contribution >= 0.6 is 11.3 Å². The van der Waals surface area contributed by atoms with E-state index < -0.39 is 0 Å². The molecule has 1 saturated heterocycles. The average Bonchev–Trinajstić information content (AvgIpc) is 3.20. The molecule has 1 aliphatic heterocycles. The Morgan fingerprint density at radius 3 is 2.91 bits per heavy atom. The molecule has 0 bridgehead atoms. The van der Waals surface area contributed by atoms with Gasteiger partial charge in [-0.15, -0.1) is 5.10 Å². The number of nitrogens with zero attached hydrogens (tertiary/aromatic N) is 7. The Morgan fingerprint density at radius 2 is 2.22 bits per heavy atom. The molecule has 4 heterocycles. The van der Waals surface area contributed by atoms with E-state index in [9.17, 15) is 0 Å². The smallest absolute Gasteiger partial charge is 0.214 e. The summed E-state index contributed by atoms with van der Waals surface area (Å²) in [6.45, 7) is 8.43. The zero-order valence-corrected chi connectivity index (χ0v) is 14.5. The summed E-state index contributed by atoms with van der Waals surface area (Å²) in [5.41, 5.74) is 1.14. The number of hydrogen-bond donors (Lipinski definition) is 0. The number of imidazole rings is 1. The predicted molar refractivity (Wildman–Crippen MR) is 90.0 cm³/mol. The molecular formula is C15H21N7S. The molecule has 1 atom stereocenters. The predicted octanol–water partition coefficient (Wildman–Crippen LogP) is 2.35. The molecule has 8 heteroatoms. The summed E-state index contributed by atoms with van der Waals surface area (Å²) in [7, 11) is 0. The molecule has 1 fully saturated rings. The summed E-state index contributed by atoms with van der Waals surface area (Å²) >= 11 is 1.67. The Labute approximate surface area is 139 Å². The van der Waals surface area contributed by atoms with Crippen molar-refractivity contribution in [3.05, 3.63) is 24.5 Å². The molecule has 0 radical (unpaired) electrons. The van der Waals surface area contributed by atoms with Crippen LogP contribution < -0.4 is 4.90 Å². The topological polar surface area (TPSA) is 64.1 Å². The maximum Gasteiger partial charge on any atom is 0.214 e. The fourth-order valence-electron chi connectivity index (χ4n) is 2.99. The fraction of sp³-hybridized carbons (Fsp3) is 0.600. The summed E-state index contributed by atoms with van der Waals surface area (Å²) < 4.78 is 3.82. The molecule has 122 valence electrons. The lowest BCUT2D eigenvalue weighted by atomic mass is 9.93. The first-order valence-electron chi connectivity index (χ1n) is 7.96. The Bertz CT molecular complexity index is 764. The lowest BCUT2D eigenvalue weighted by Gasteiger charge is -2.23. The van der Waals surface area contributed by atoms with Crippen LogP contribution in [0.25, 0.3) is 4.96 Å². The van der Waals surface area contributed by atoms with E-state index in [2.05, 4.69) is 42.0 Å². The summed E-state index contributed by atoms with van der Waals surface area (Å²) in [6, 6.07) is 0.426. The second-order valence-corrected chi connectivity index (χ2v) is 8.03. The van der Waals surface area contributed by atoms with E-state index in [4.69, 9.17) is 10.1 Å². The van der Waals surface area contributed by atoms with Crippen molar-refractivity contribution in [3.63, 3.8) is 0 Å². The van der Waals surface area contributed by atoms with Crippen molar-refractivity contribution < 1.29 is 0 Å². The first-order valence-corrected chi connectivity index (χ1v) is 8.78. The van der Waals surface area contributed by atoms with Crippen molar-refractivity contribution in [1.82, 2.24) is 29.4 Å². The van der Waals surface area contributed by atoms with Crippen molar-refractivity contribution in [1.29, 1.82) is 0 Å². The molecule has 3 aromatic heterocycles. The molecule has 23 heavy (non-hydrogen) atoms. The van der Waals surface area contributed by atoms with Crippen molar-refractivity contribution in [2.45, 2.75) is 51.6 Å². The summed E-state index contributed by atoms with van der Waals surface area (Å²) in [5, 5.41) is 10.0. The van der Waals surface area contributed by atoms with Gasteiger partial charge in [-0.05, 0) is 12.8 Å². The molecule has 0 aromatic carbocycles. The summed E-state index contributed by atoms with van der Waals surface area (Å²) in [4.78, 5) is 12.1. The Morgan fingerprint density at radius 1 is 1.35 bits per heavy atom. The van der Waals surface area contributed by atoms with E-state index in [-0.39, 0.29) is 5.41 Å². The number of aromatic nitrogens is 6. The fourth-order valence-corrected chi connectivity index (χ4v) is 3.97. The standard InChI is InChI=1S/C15H21N7S/c1-15(2,3)12-8-22-13(18-12)23-14(19-22)21-6-4-5-11(21)7-20-10-16-9-17-20/h8-11H,4-7H2,1-3H3/t11-/m1/s1. The van der Waals surface area contributed by atoms with Crippen LogP contribution in [0.5, 0.6) is 0 Å². The van der Waals surface area contributed by atoms with Gasteiger partial charge in [-0.3, -0.25) is 4.68 Å². The molecule has 0 unspecified atom stereocenters. The molecule has 0 N–H and O–H groups in total. The maximum absolute atomic E-state index is 4.76. The molecule has 3 aromatic rings. The highest BCUT2D eigenvalue weighted by atomic mass is 32.1. The van der Waals surface area contributed by atoms with Gasteiger partial charge in [-0.1, -0.05) is 32.1 Å². The van der Waals surface area contributed by atoms with Crippen LogP contribution in [-0.4, -0.2) is 41.9 Å². The van der Waals surface area contributed by atoms with Gasteiger partial charge in [0.2, 0.25) is 10.1 Å². The van der Waals surface area contributed by atoms with Crippen LogP contribution in [0.3, 0.4) is 0 Å². The summed E-state index contributed by atoms with van der Waals surface area (Å²) in [6.07, 6.45) is 7.77. The van der Waals surface area contributed by atoms with E-state index in [1.807, 2.05) is 9.20 Å². The van der Waals surface area contributed by atoms with Crippen molar-refractivity contribution in [2.75, 3.05) is 11.4 Å². The minimum absolute atomic E-state index is 0.0524. The minimum Gasteiger partial charge on any atom is -0.342 e. The molecule has 0 spiro atoms. The van der Waals surface area contributed by atoms with Crippen LogP contribution in [0.1, 0.15) is 39.3 Å². The lowest BCUT2D eigenvalue weighted by Crippen LogP contribution is -2.33. The largest absolute Gasteiger partial charge is 0.342 e. The van der Waals surface area contributed by atoms with Crippen molar-refractivity contribution >= 4 is 21.4 Å². The van der Waals surface area contributed by atoms with Crippen LogP contribution in [0.2, 0.25) is 0 Å². The zero-order valence-electron chi connectivity index (χ0n) is 13.7. The minimum atomic E-state index is 0.0524. The van der Waals surface area contributed by atoms with Gasteiger partial charge >= 0.3 is 0 Å². The van der Waals surface area contributed by atoms with E-state index in [1.165, 1.54) is 6.42 Å². The van der Waals surface area contributed by atoms with Crippen molar-refractivity contribution in [3.8, 4) is 0 Å². The third-order valence-electron chi connectivity index (χ3n) is 4.29. The molecule has 0 amide bonds. The Hall–Kier alpha value is -1.96. The Kier molecular flexibility index (Phi) is 3.37. The average molecular weight is 331 g/mol. The molecule has 4 rings (SSSR count). The Balaban J connectivity index is 1.59. The quantitative estimate of drug-likeness (QED) is 0.737. The van der Waals surface area contributed by atoms with E-state index >= 15 is 0 Å². The first-order chi connectivity index (χ1) is 11.0. The van der Waals surface area contributed by atoms with Gasteiger partial charge < -0.3 is 4.90 Å². The normalized spacial score (nSPS) is 19.1. The van der Waals surface area contributed by atoms with E-state index in [1.54, 1.807) is 24.0 Å². The molecule has 0 saturated carbocycles. The van der Waals surface area contributed by atoms with Gasteiger partial charge in [0.1, 0.15) is 12.7 Å². The van der Waals surface area contributed by atoms with E-state index in [0.717, 1.165) is 35.3 Å². The summed E-state index contributed by atoms with van der Waals surface area (Å²) in [5.74, 6) is 0. The lowest BCUT2D eigenvalue weighted by molar-refractivity contribution is 0.507. The van der Waals surface area contributed by atoms with Gasteiger partial charge in [0.25, 0.3) is 0 Å². The second-order valence-electron chi connectivity index (χ2n) is 7.09. The van der Waals surface area contributed by atoms with Crippen LogP contribution in [0, 0.1) is 0 Å². The van der Waals surface area contributed by atoms with Crippen LogP contribution in [-0.2, 0) is 12.0 Å². The van der Waals surface area contributed by atoms with Crippen LogP contribution in [0.15, 0.2) is 18.9 Å². The number of rotatable bonds is 3. The molecular weight excluding hydrogens is 310 g/mol. The third kappa shape index (κ3) is 2.71. The van der Waals surface area contributed by atoms with Gasteiger partial charge in [0.05, 0.1) is 24.5 Å². The highest BCUT2D eigenvalue weighted by molar-refractivity contribution is 7.20. The molecule has 0 aliphatic carbocycles. The van der Waals surface area contributed by atoms with Gasteiger partial charge in [0, 0.05) is 12.0 Å². The highest BCUT2D eigenvalue weighted by Gasteiger charge is 2.29. The highest BCUT2D eigenvalue weighted by Crippen LogP contribution is 2.32. The van der Waals surface area contributed by atoms with E-state index in [0.29, 0.717) is 6.04 Å². The van der Waals surface area contributed by atoms with Gasteiger partial charge in [0.15, 0.2) is 0 Å². The zero-order chi connectivity index (χ0) is 16.0. The molecule has 7 nitrogen and oxygen atoms in total. The maximum atomic E-state index is 4.76. The number of hydrogen-bond acceptors (Lipinski definition) is 6. The SMILES string of the molecule is CC(C)(C)c1cn2nc(N3CCC[C@@H]3Cn3cncn3)sc2n1. The monoisotopic (exact) mass is 331 g/mol.